The van der Waals surface area contributed by atoms with Crippen LogP contribution in [-0.2, 0) is 6.42 Å². The van der Waals surface area contributed by atoms with Gasteiger partial charge in [-0.15, -0.1) is 0 Å². The lowest BCUT2D eigenvalue weighted by Crippen LogP contribution is -2.33. The first-order valence-corrected chi connectivity index (χ1v) is 11.7. The van der Waals surface area contributed by atoms with Gasteiger partial charge < -0.3 is 9.47 Å². The summed E-state index contributed by atoms with van der Waals surface area (Å²) in [6.07, 6.45) is 7.51. The molecule has 2 aliphatic rings. The minimum Gasteiger partial charge on any atom is -0.492 e. The first-order chi connectivity index (χ1) is 14.9. The van der Waals surface area contributed by atoms with E-state index in [0.29, 0.717) is 0 Å². The van der Waals surface area contributed by atoms with E-state index in [0.717, 1.165) is 49.8 Å². The molecule has 0 saturated carbocycles. The van der Waals surface area contributed by atoms with Crippen molar-refractivity contribution in [3.05, 3.63) is 59.7 Å². The number of benzene rings is 2. The summed E-state index contributed by atoms with van der Waals surface area (Å²) in [4.78, 5) is 4.99. The number of nitrogens with zero attached hydrogens (tertiary/aromatic N) is 2. The fourth-order valence-corrected chi connectivity index (χ4v) is 4.40. The highest BCUT2D eigenvalue weighted by atomic mass is 16.5. The Morgan fingerprint density at radius 3 is 2.07 bits per heavy atom. The molecule has 0 bridgehead atoms. The van der Waals surface area contributed by atoms with Crippen molar-refractivity contribution in [2.75, 3.05) is 52.5 Å². The molecule has 0 amide bonds. The Morgan fingerprint density at radius 1 is 0.733 bits per heavy atom. The van der Waals surface area contributed by atoms with Crippen LogP contribution in [0.3, 0.4) is 0 Å². The average Bonchev–Trinajstić information content (AvgIpc) is 3.30. The molecule has 0 N–H and O–H groups in total. The number of hydrogen-bond acceptors (Lipinski definition) is 4. The predicted molar refractivity (Wildman–Crippen MR) is 121 cm³/mol. The number of ether oxygens (including phenoxy) is 2. The fourth-order valence-electron chi connectivity index (χ4n) is 4.40. The van der Waals surface area contributed by atoms with Crippen molar-refractivity contribution < 1.29 is 9.47 Å². The van der Waals surface area contributed by atoms with Crippen LogP contribution < -0.4 is 9.47 Å². The normalized spacial score (nSPS) is 17.9. The van der Waals surface area contributed by atoms with E-state index in [1.165, 1.54) is 63.8 Å². The van der Waals surface area contributed by atoms with Crippen molar-refractivity contribution in [1.29, 1.82) is 0 Å². The zero-order chi connectivity index (χ0) is 20.4. The van der Waals surface area contributed by atoms with Crippen molar-refractivity contribution in [2.24, 2.45) is 0 Å². The molecule has 2 saturated heterocycles. The fraction of sp³-hybridized carbons (Fsp3) is 0.538. The van der Waals surface area contributed by atoms with E-state index in [4.69, 9.17) is 9.47 Å². The third-order valence-corrected chi connectivity index (χ3v) is 6.19. The second-order valence-corrected chi connectivity index (χ2v) is 8.48. The SMILES string of the molecule is [c]1cccc(OCCN2CCCC2)c1Cc1ccc(OCCN2CCCCC2)cc1. The average molecular weight is 408 g/mol. The van der Waals surface area contributed by atoms with Gasteiger partial charge in [-0.3, -0.25) is 9.80 Å². The molecule has 2 heterocycles. The van der Waals surface area contributed by atoms with Gasteiger partial charge in [-0.1, -0.05) is 30.7 Å². The molecule has 161 valence electrons. The van der Waals surface area contributed by atoms with Gasteiger partial charge in [-0.2, -0.15) is 0 Å². The lowest BCUT2D eigenvalue weighted by molar-refractivity contribution is 0.183. The maximum atomic E-state index is 6.10. The van der Waals surface area contributed by atoms with Gasteiger partial charge in [0.15, 0.2) is 0 Å². The Hall–Kier alpha value is -2.04. The van der Waals surface area contributed by atoms with Crippen molar-refractivity contribution in [3.63, 3.8) is 0 Å². The third kappa shape index (κ3) is 6.48. The van der Waals surface area contributed by atoms with Gasteiger partial charge in [0, 0.05) is 25.1 Å². The maximum absolute atomic E-state index is 6.10. The van der Waals surface area contributed by atoms with Crippen LogP contribution in [-0.4, -0.2) is 62.3 Å². The highest BCUT2D eigenvalue weighted by molar-refractivity contribution is 5.38. The molecule has 2 fully saturated rings. The Balaban J connectivity index is 1.24. The molecule has 0 unspecified atom stereocenters. The predicted octanol–water partition coefficient (Wildman–Crippen LogP) is 4.42. The molecule has 0 aliphatic carbocycles. The van der Waals surface area contributed by atoms with E-state index < -0.39 is 0 Å². The van der Waals surface area contributed by atoms with Crippen LogP contribution in [0.1, 0.15) is 43.2 Å². The second kappa shape index (κ2) is 11.4. The summed E-state index contributed by atoms with van der Waals surface area (Å²) in [5.41, 5.74) is 2.38. The summed E-state index contributed by atoms with van der Waals surface area (Å²) in [5.74, 6) is 1.91. The standard InChI is InChI=1S/C26H35N2O2/c1-4-14-27(15-5-1)18-20-29-25-12-10-23(11-13-25)22-24-8-2-3-9-26(24)30-21-19-28-16-6-7-17-28/h2-3,9-13H,1,4-7,14-22H2. The summed E-state index contributed by atoms with van der Waals surface area (Å²) >= 11 is 0. The molecule has 2 aliphatic heterocycles. The van der Waals surface area contributed by atoms with Crippen molar-refractivity contribution >= 4 is 0 Å². The summed E-state index contributed by atoms with van der Waals surface area (Å²) in [6.45, 7) is 8.41. The molecule has 4 heteroatoms. The zero-order valence-corrected chi connectivity index (χ0v) is 18.2. The van der Waals surface area contributed by atoms with Gasteiger partial charge >= 0.3 is 0 Å². The van der Waals surface area contributed by atoms with Gasteiger partial charge in [0.05, 0.1) is 0 Å². The Kier molecular flexibility index (Phi) is 8.04. The van der Waals surface area contributed by atoms with Crippen LogP contribution in [0.25, 0.3) is 0 Å². The first-order valence-electron chi connectivity index (χ1n) is 11.7. The lowest BCUT2D eigenvalue weighted by atomic mass is 10.0. The quantitative estimate of drug-likeness (QED) is 0.582. The molecule has 0 spiro atoms. The second-order valence-electron chi connectivity index (χ2n) is 8.48. The summed E-state index contributed by atoms with van der Waals surface area (Å²) in [6, 6.07) is 17.9. The molecule has 4 rings (SSSR count). The number of hydrogen-bond donors (Lipinski definition) is 0. The highest BCUT2D eigenvalue weighted by Gasteiger charge is 2.12. The van der Waals surface area contributed by atoms with Crippen molar-refractivity contribution in [2.45, 2.75) is 38.5 Å². The number of likely N-dealkylation sites (tertiary alicyclic amines) is 2. The topological polar surface area (TPSA) is 24.9 Å². The Labute approximate surface area is 181 Å². The van der Waals surface area contributed by atoms with E-state index in [9.17, 15) is 0 Å². The van der Waals surface area contributed by atoms with Crippen LogP contribution >= 0.6 is 0 Å². The minimum atomic E-state index is 0.745. The van der Waals surface area contributed by atoms with E-state index in [-0.39, 0.29) is 0 Å². The molecule has 1 radical (unpaired) electrons. The monoisotopic (exact) mass is 407 g/mol. The molecule has 0 atom stereocenters. The summed E-state index contributed by atoms with van der Waals surface area (Å²) < 4.78 is 12.1. The smallest absolute Gasteiger partial charge is 0.123 e. The maximum Gasteiger partial charge on any atom is 0.123 e. The van der Waals surface area contributed by atoms with E-state index in [2.05, 4.69) is 46.2 Å². The third-order valence-electron chi connectivity index (χ3n) is 6.19. The molecule has 30 heavy (non-hydrogen) atoms. The Morgan fingerprint density at radius 2 is 1.37 bits per heavy atom. The molecule has 2 aromatic carbocycles. The summed E-state index contributed by atoms with van der Waals surface area (Å²) in [7, 11) is 0. The van der Waals surface area contributed by atoms with Crippen molar-refractivity contribution in [3.8, 4) is 11.5 Å². The summed E-state index contributed by atoms with van der Waals surface area (Å²) in [5, 5.41) is 0. The van der Waals surface area contributed by atoms with Crippen LogP contribution in [0.2, 0.25) is 0 Å². The molecular weight excluding hydrogens is 372 g/mol. The van der Waals surface area contributed by atoms with Crippen molar-refractivity contribution in [1.82, 2.24) is 9.80 Å². The molecule has 4 nitrogen and oxygen atoms in total. The van der Waals surface area contributed by atoms with Crippen LogP contribution in [0.4, 0.5) is 0 Å². The van der Waals surface area contributed by atoms with Gasteiger partial charge in [0.1, 0.15) is 24.7 Å². The van der Waals surface area contributed by atoms with Gasteiger partial charge in [-0.25, -0.2) is 0 Å². The number of piperidine rings is 1. The minimum absolute atomic E-state index is 0.745. The van der Waals surface area contributed by atoms with Gasteiger partial charge in [-0.05, 0) is 81.7 Å². The lowest BCUT2D eigenvalue weighted by Gasteiger charge is -2.26. The first kappa shape index (κ1) is 21.2. The number of rotatable bonds is 10. The van der Waals surface area contributed by atoms with Crippen LogP contribution in [0.5, 0.6) is 11.5 Å². The van der Waals surface area contributed by atoms with Gasteiger partial charge in [0.25, 0.3) is 0 Å². The van der Waals surface area contributed by atoms with Crippen LogP contribution in [0, 0.1) is 6.07 Å². The highest BCUT2D eigenvalue weighted by Crippen LogP contribution is 2.22. The van der Waals surface area contributed by atoms with E-state index >= 15 is 0 Å². The molecule has 2 aromatic rings. The van der Waals surface area contributed by atoms with E-state index in [1.54, 1.807) is 0 Å². The van der Waals surface area contributed by atoms with Crippen LogP contribution in [0.15, 0.2) is 42.5 Å². The van der Waals surface area contributed by atoms with Gasteiger partial charge in [0.2, 0.25) is 0 Å². The molecule has 0 aromatic heterocycles. The Bertz CT molecular complexity index is 750. The zero-order valence-electron chi connectivity index (χ0n) is 18.2. The molecular formula is C26H35N2O2. The largest absolute Gasteiger partial charge is 0.492 e. The van der Waals surface area contributed by atoms with E-state index in [1.807, 2.05) is 12.1 Å².